The quantitative estimate of drug-likeness (QED) is 0.286. The normalized spacial score (nSPS) is 17.8. The van der Waals surface area contributed by atoms with Crippen molar-refractivity contribution in [2.75, 3.05) is 6.54 Å². The van der Waals surface area contributed by atoms with Crippen molar-refractivity contribution in [3.8, 4) is 0 Å². The van der Waals surface area contributed by atoms with E-state index in [0.29, 0.717) is 6.42 Å². The zero-order valence-electron chi connectivity index (χ0n) is 22.9. The lowest BCUT2D eigenvalue weighted by Crippen LogP contribution is -2.47. The minimum Gasteiger partial charge on any atom is -0.390 e. The summed E-state index contributed by atoms with van der Waals surface area (Å²) in [7, 11) is 0. The Hall–Kier alpha value is -1.96. The number of unbranched alkanes of at least 4 members (excludes halogenated alkanes) is 1. The number of aryl methyl sites for hydroxylation is 1. The molecule has 1 saturated carbocycles. The Morgan fingerprint density at radius 2 is 2.00 bits per heavy atom. The fourth-order valence-corrected chi connectivity index (χ4v) is 4.97. The highest BCUT2D eigenvalue weighted by Crippen LogP contribution is 2.35. The molecule has 2 unspecified atom stereocenters. The summed E-state index contributed by atoms with van der Waals surface area (Å²) in [5.41, 5.74) is 7.82. The summed E-state index contributed by atoms with van der Waals surface area (Å²) in [5.74, 6) is 0.806. The number of rotatable bonds is 15. The molecule has 0 spiro atoms. The van der Waals surface area contributed by atoms with Crippen LogP contribution in [0.15, 0.2) is 24.4 Å². The van der Waals surface area contributed by atoms with E-state index in [1.165, 1.54) is 12.8 Å². The summed E-state index contributed by atoms with van der Waals surface area (Å²) < 4.78 is 2.05. The molecule has 3 rings (SSSR count). The van der Waals surface area contributed by atoms with Gasteiger partial charge < -0.3 is 21.3 Å². The number of aromatic nitrogens is 2. The van der Waals surface area contributed by atoms with Gasteiger partial charge in [-0.05, 0) is 48.6 Å². The van der Waals surface area contributed by atoms with Gasteiger partial charge in [0.15, 0.2) is 0 Å². The first-order valence-corrected chi connectivity index (χ1v) is 13.9. The summed E-state index contributed by atoms with van der Waals surface area (Å²) in [4.78, 5) is 12.6. The van der Waals surface area contributed by atoms with E-state index < -0.39 is 23.7 Å². The number of nitrogens with two attached hydrogens (primary N) is 1. The number of nitrogens with one attached hydrogen (secondary N) is 1. The Morgan fingerprint density at radius 1 is 1.28 bits per heavy atom. The van der Waals surface area contributed by atoms with E-state index in [1.807, 2.05) is 32.2 Å². The molecule has 1 aromatic carbocycles. The summed E-state index contributed by atoms with van der Waals surface area (Å²) in [6.45, 7) is 11.1. The second-order valence-corrected chi connectivity index (χ2v) is 11.9. The van der Waals surface area contributed by atoms with Gasteiger partial charge >= 0.3 is 0 Å². The number of aliphatic hydroxyl groups is 2. The predicted molar refractivity (Wildman–Crippen MR) is 145 cm³/mol. The van der Waals surface area contributed by atoms with E-state index in [-0.39, 0.29) is 24.3 Å². The van der Waals surface area contributed by atoms with Crippen LogP contribution in [0.5, 0.6) is 0 Å². The maximum atomic E-state index is 12.6. The zero-order valence-corrected chi connectivity index (χ0v) is 22.9. The Balaban J connectivity index is 1.62. The van der Waals surface area contributed by atoms with Crippen LogP contribution in [0.2, 0.25) is 0 Å². The van der Waals surface area contributed by atoms with Gasteiger partial charge in [0.25, 0.3) is 0 Å². The first kappa shape index (κ1) is 28.6. The molecule has 202 valence electrons. The van der Waals surface area contributed by atoms with Crippen molar-refractivity contribution in [1.29, 1.82) is 0 Å². The molecular formula is C29H48N4O3. The van der Waals surface area contributed by atoms with Crippen LogP contribution >= 0.6 is 0 Å². The molecular weight excluding hydrogens is 452 g/mol. The first-order chi connectivity index (χ1) is 17.0. The van der Waals surface area contributed by atoms with E-state index in [1.54, 1.807) is 0 Å². The van der Waals surface area contributed by atoms with Crippen molar-refractivity contribution in [3.63, 3.8) is 0 Å². The third-order valence-corrected chi connectivity index (χ3v) is 8.00. The number of hydrogen-bond acceptors (Lipinski definition) is 5. The number of carbonyl (C=O) groups excluding carboxylic acids is 1. The monoisotopic (exact) mass is 500 g/mol. The van der Waals surface area contributed by atoms with E-state index >= 15 is 0 Å². The Morgan fingerprint density at radius 3 is 2.64 bits per heavy atom. The fraction of sp³-hybridized carbons (Fsp3) is 0.724. The molecule has 0 saturated heterocycles. The van der Waals surface area contributed by atoms with Crippen LogP contribution in [0.25, 0.3) is 10.9 Å². The van der Waals surface area contributed by atoms with Gasteiger partial charge in [-0.1, -0.05) is 72.4 Å². The minimum atomic E-state index is -0.879. The zero-order chi connectivity index (χ0) is 26.5. The van der Waals surface area contributed by atoms with Crippen molar-refractivity contribution in [2.24, 2.45) is 28.9 Å². The fourth-order valence-electron chi connectivity index (χ4n) is 4.97. The standard InChI is InChI=1S/C29H48N4O3/c1-6-7-13-29(4,5)28(36)31-18-26(34)24(30)16-23(19(2)3)27(35)21-10-11-22-17-32-33(25(22)15-21)14-12-20-8-9-20/h10-11,15,17,19-20,23-24,26-27,34-35H,6-9,12-14,16,18,30H2,1-5H3,(H,31,36)/t23-,24-,26?,27?/m0/s1. The van der Waals surface area contributed by atoms with Crippen molar-refractivity contribution in [1.82, 2.24) is 15.1 Å². The third-order valence-electron chi connectivity index (χ3n) is 8.00. The van der Waals surface area contributed by atoms with Crippen molar-refractivity contribution in [2.45, 2.75) is 104 Å². The van der Waals surface area contributed by atoms with Gasteiger partial charge in [0, 0.05) is 29.9 Å². The molecule has 1 aliphatic carbocycles. The van der Waals surface area contributed by atoms with Gasteiger partial charge in [0.2, 0.25) is 5.91 Å². The lowest BCUT2D eigenvalue weighted by atomic mass is 9.81. The molecule has 2 aromatic rings. The molecule has 0 bridgehead atoms. The Labute approximate surface area is 216 Å². The third kappa shape index (κ3) is 7.53. The van der Waals surface area contributed by atoms with Gasteiger partial charge in [-0.3, -0.25) is 9.48 Å². The smallest absolute Gasteiger partial charge is 0.225 e. The number of amides is 1. The van der Waals surface area contributed by atoms with Crippen LogP contribution in [0.3, 0.4) is 0 Å². The summed E-state index contributed by atoms with van der Waals surface area (Å²) >= 11 is 0. The van der Waals surface area contributed by atoms with Gasteiger partial charge in [0.05, 0.1) is 23.9 Å². The summed E-state index contributed by atoms with van der Waals surface area (Å²) in [5, 5.41) is 30.6. The molecule has 1 aliphatic rings. The van der Waals surface area contributed by atoms with E-state index in [0.717, 1.165) is 54.6 Å². The van der Waals surface area contributed by atoms with Crippen LogP contribution in [-0.4, -0.2) is 44.6 Å². The number of benzene rings is 1. The van der Waals surface area contributed by atoms with Crippen molar-refractivity contribution in [3.05, 3.63) is 30.0 Å². The molecule has 1 heterocycles. The topological polar surface area (TPSA) is 113 Å². The lowest BCUT2D eigenvalue weighted by molar-refractivity contribution is -0.130. The number of aliphatic hydroxyl groups excluding tert-OH is 2. The van der Waals surface area contributed by atoms with E-state index in [4.69, 9.17) is 5.73 Å². The molecule has 1 aromatic heterocycles. The molecule has 0 radical (unpaired) electrons. The van der Waals surface area contributed by atoms with E-state index in [2.05, 4.69) is 41.9 Å². The first-order valence-electron chi connectivity index (χ1n) is 13.9. The average molecular weight is 501 g/mol. The van der Waals surface area contributed by atoms with Crippen LogP contribution < -0.4 is 11.1 Å². The van der Waals surface area contributed by atoms with E-state index in [9.17, 15) is 15.0 Å². The summed E-state index contributed by atoms with van der Waals surface area (Å²) in [6.07, 6.45) is 7.40. The Bertz CT molecular complexity index is 982. The lowest BCUT2D eigenvalue weighted by Gasteiger charge is -2.31. The van der Waals surface area contributed by atoms with Crippen molar-refractivity contribution >= 4 is 16.8 Å². The molecule has 0 aliphatic heterocycles. The molecule has 7 nitrogen and oxygen atoms in total. The van der Waals surface area contributed by atoms with Crippen LogP contribution in [-0.2, 0) is 11.3 Å². The van der Waals surface area contributed by atoms with Crippen molar-refractivity contribution < 1.29 is 15.0 Å². The Kier molecular flexibility index (Phi) is 9.95. The van der Waals surface area contributed by atoms with Gasteiger partial charge in [-0.25, -0.2) is 0 Å². The number of fused-ring (bicyclic) bond motifs is 1. The largest absolute Gasteiger partial charge is 0.390 e. The second kappa shape index (κ2) is 12.5. The molecule has 5 N–H and O–H groups in total. The van der Waals surface area contributed by atoms with Gasteiger partial charge in [-0.15, -0.1) is 0 Å². The highest BCUT2D eigenvalue weighted by Gasteiger charge is 2.31. The van der Waals surface area contributed by atoms with Crippen LogP contribution in [0.1, 0.15) is 91.2 Å². The van der Waals surface area contributed by atoms with Crippen LogP contribution in [0, 0.1) is 23.2 Å². The summed E-state index contributed by atoms with van der Waals surface area (Å²) in [6, 6.07) is 5.49. The molecule has 7 heteroatoms. The maximum absolute atomic E-state index is 12.6. The number of carbonyl (C=O) groups is 1. The van der Waals surface area contributed by atoms with Gasteiger partial charge in [-0.2, -0.15) is 5.10 Å². The van der Waals surface area contributed by atoms with Crippen LogP contribution in [0.4, 0.5) is 0 Å². The maximum Gasteiger partial charge on any atom is 0.225 e. The average Bonchev–Trinajstić information content (AvgIpc) is 3.60. The molecule has 1 amide bonds. The SMILES string of the molecule is CCCCC(C)(C)C(=O)NCC(O)[C@@H](N)C[C@@H](C(C)C)C(O)c1ccc2cnn(CCC3CC3)c2c1. The van der Waals surface area contributed by atoms with Gasteiger partial charge in [0.1, 0.15) is 0 Å². The predicted octanol–water partition coefficient (Wildman–Crippen LogP) is 4.55. The highest BCUT2D eigenvalue weighted by atomic mass is 16.3. The number of hydrogen-bond donors (Lipinski definition) is 4. The molecule has 1 fully saturated rings. The molecule has 36 heavy (non-hydrogen) atoms. The molecule has 4 atom stereocenters. The minimum absolute atomic E-state index is 0.0609. The second-order valence-electron chi connectivity index (χ2n) is 11.9. The number of nitrogens with zero attached hydrogens (tertiary/aromatic N) is 2. The highest BCUT2D eigenvalue weighted by molar-refractivity contribution is 5.81.